The topological polar surface area (TPSA) is 36.6 Å². The van der Waals surface area contributed by atoms with Gasteiger partial charge in [0, 0.05) is 35.6 Å². The summed E-state index contributed by atoms with van der Waals surface area (Å²) in [5.41, 5.74) is 2.10. The van der Waals surface area contributed by atoms with E-state index in [9.17, 15) is 5.11 Å². The minimum Gasteiger partial charge on any atom is -0.508 e. The molecule has 0 radical (unpaired) electrons. The van der Waals surface area contributed by atoms with Crippen LogP contribution in [0.3, 0.4) is 0 Å². The number of fused-ring (bicyclic) bond motifs is 1. The van der Waals surface area contributed by atoms with Crippen LogP contribution in [0, 0.1) is 5.92 Å². The van der Waals surface area contributed by atoms with Crippen molar-refractivity contribution in [3.05, 3.63) is 59.3 Å². The molecule has 2 heterocycles. The lowest BCUT2D eigenvalue weighted by Crippen LogP contribution is -2.34. The molecule has 124 valence electrons. The molecule has 0 spiro atoms. The normalized spacial score (nSPS) is 16.0. The van der Waals surface area contributed by atoms with Gasteiger partial charge in [0.15, 0.2) is 0 Å². The van der Waals surface area contributed by atoms with Crippen molar-refractivity contribution >= 4 is 28.3 Å². The smallest absolute Gasteiger partial charge is 0.134 e. The number of halogens is 1. The summed E-state index contributed by atoms with van der Waals surface area (Å²) < 4.78 is 5.95. The first-order valence-corrected chi connectivity index (χ1v) is 8.77. The van der Waals surface area contributed by atoms with Crippen molar-refractivity contribution in [3.63, 3.8) is 0 Å². The molecule has 1 aliphatic heterocycles. The fraction of sp³-hybridized carbons (Fsp3) is 0.300. The molecule has 1 fully saturated rings. The van der Waals surface area contributed by atoms with Gasteiger partial charge in [0.25, 0.3) is 0 Å². The van der Waals surface area contributed by atoms with Crippen LogP contribution in [0.4, 0.5) is 5.69 Å². The van der Waals surface area contributed by atoms with Crippen molar-refractivity contribution < 1.29 is 9.52 Å². The van der Waals surface area contributed by atoms with Crippen molar-refractivity contribution in [2.24, 2.45) is 5.92 Å². The van der Waals surface area contributed by atoms with Gasteiger partial charge in [-0.3, -0.25) is 0 Å². The average molecular weight is 342 g/mol. The molecule has 0 atom stereocenters. The van der Waals surface area contributed by atoms with Crippen molar-refractivity contribution in [1.82, 2.24) is 0 Å². The van der Waals surface area contributed by atoms with Gasteiger partial charge in [0.2, 0.25) is 0 Å². The number of nitrogens with zero attached hydrogens (tertiary/aromatic N) is 1. The minimum absolute atomic E-state index is 0.318. The first kappa shape index (κ1) is 15.4. The third-order valence-electron chi connectivity index (χ3n) is 4.85. The first-order chi connectivity index (χ1) is 11.7. The Bertz CT molecular complexity index is 832. The van der Waals surface area contributed by atoms with Gasteiger partial charge in [-0.05, 0) is 67.3 Å². The first-order valence-electron chi connectivity index (χ1n) is 8.39. The second-order valence-electron chi connectivity index (χ2n) is 6.55. The second kappa shape index (κ2) is 6.40. The highest BCUT2D eigenvalue weighted by molar-refractivity contribution is 6.31. The Balaban J connectivity index is 1.39. The average Bonchev–Trinajstić information content (AvgIpc) is 2.98. The van der Waals surface area contributed by atoms with E-state index in [0.29, 0.717) is 11.7 Å². The maximum absolute atomic E-state index is 9.40. The van der Waals surface area contributed by atoms with Crippen LogP contribution in [0.15, 0.2) is 52.9 Å². The van der Waals surface area contributed by atoms with Crippen LogP contribution in [-0.4, -0.2) is 18.2 Å². The predicted octanol–water partition coefficient (Wildman–Crippen LogP) is 5.25. The molecule has 4 heteroatoms. The zero-order valence-corrected chi connectivity index (χ0v) is 14.2. The monoisotopic (exact) mass is 341 g/mol. The third kappa shape index (κ3) is 3.22. The molecule has 2 aromatic carbocycles. The van der Waals surface area contributed by atoms with E-state index >= 15 is 0 Å². The minimum atomic E-state index is 0.318. The number of phenols is 1. The van der Waals surface area contributed by atoms with Gasteiger partial charge in [-0.2, -0.15) is 0 Å². The predicted molar refractivity (Wildman–Crippen MR) is 98.0 cm³/mol. The van der Waals surface area contributed by atoms with E-state index in [1.165, 1.54) is 5.69 Å². The molecule has 1 N–H and O–H groups in total. The standard InChI is InChI=1S/C20H20ClNO2/c21-16-1-6-20-15(12-16)13-19(24-20)11-14-7-9-22(10-8-14)17-2-4-18(23)5-3-17/h1-6,12-14,23H,7-11H2. The summed E-state index contributed by atoms with van der Waals surface area (Å²) in [5.74, 6) is 2.02. The summed E-state index contributed by atoms with van der Waals surface area (Å²) in [6.45, 7) is 2.09. The molecule has 0 saturated carbocycles. The number of aromatic hydroxyl groups is 1. The summed E-state index contributed by atoms with van der Waals surface area (Å²) in [6, 6.07) is 15.4. The molecular weight excluding hydrogens is 322 g/mol. The Morgan fingerprint density at radius 1 is 1.04 bits per heavy atom. The van der Waals surface area contributed by atoms with Gasteiger partial charge >= 0.3 is 0 Å². The van der Waals surface area contributed by atoms with Gasteiger partial charge in [0.05, 0.1) is 0 Å². The van der Waals surface area contributed by atoms with Crippen LogP contribution in [-0.2, 0) is 6.42 Å². The number of furan rings is 1. The Kier molecular flexibility index (Phi) is 4.11. The molecule has 0 aliphatic carbocycles. The summed E-state index contributed by atoms with van der Waals surface area (Å²) in [5, 5.41) is 11.2. The summed E-state index contributed by atoms with van der Waals surface area (Å²) in [7, 11) is 0. The van der Waals surface area contributed by atoms with E-state index in [2.05, 4.69) is 11.0 Å². The van der Waals surface area contributed by atoms with E-state index in [1.54, 1.807) is 12.1 Å². The van der Waals surface area contributed by atoms with Crippen LogP contribution < -0.4 is 4.90 Å². The van der Waals surface area contributed by atoms with Gasteiger partial charge < -0.3 is 14.4 Å². The fourth-order valence-corrected chi connectivity index (χ4v) is 3.69. The summed E-state index contributed by atoms with van der Waals surface area (Å²) in [4.78, 5) is 2.38. The van der Waals surface area contributed by atoms with E-state index < -0.39 is 0 Å². The Hall–Kier alpha value is -2.13. The molecule has 3 aromatic rings. The largest absolute Gasteiger partial charge is 0.508 e. The lowest BCUT2D eigenvalue weighted by Gasteiger charge is -2.33. The number of piperidine rings is 1. The second-order valence-corrected chi connectivity index (χ2v) is 6.98. The number of hydrogen-bond acceptors (Lipinski definition) is 3. The molecule has 0 amide bonds. The van der Waals surface area contributed by atoms with Crippen LogP contribution in [0.2, 0.25) is 5.02 Å². The number of hydrogen-bond donors (Lipinski definition) is 1. The molecular formula is C20H20ClNO2. The quantitative estimate of drug-likeness (QED) is 0.706. The Labute approximate surface area is 146 Å². The molecule has 3 nitrogen and oxygen atoms in total. The van der Waals surface area contributed by atoms with Crippen LogP contribution >= 0.6 is 11.6 Å². The van der Waals surface area contributed by atoms with Crippen LogP contribution in [0.25, 0.3) is 11.0 Å². The van der Waals surface area contributed by atoms with E-state index in [0.717, 1.165) is 54.1 Å². The molecule has 1 aliphatic rings. The highest BCUT2D eigenvalue weighted by Crippen LogP contribution is 2.29. The number of benzene rings is 2. The molecule has 1 aromatic heterocycles. The zero-order valence-electron chi connectivity index (χ0n) is 13.4. The Morgan fingerprint density at radius 2 is 1.79 bits per heavy atom. The van der Waals surface area contributed by atoms with E-state index in [4.69, 9.17) is 16.0 Å². The van der Waals surface area contributed by atoms with Gasteiger partial charge in [0.1, 0.15) is 17.1 Å². The van der Waals surface area contributed by atoms with E-state index in [1.807, 2.05) is 30.3 Å². The maximum atomic E-state index is 9.40. The SMILES string of the molecule is Oc1ccc(N2CCC(Cc3cc4cc(Cl)ccc4o3)CC2)cc1. The van der Waals surface area contributed by atoms with Crippen molar-refractivity contribution in [2.75, 3.05) is 18.0 Å². The third-order valence-corrected chi connectivity index (χ3v) is 5.08. The van der Waals surface area contributed by atoms with Crippen molar-refractivity contribution in [2.45, 2.75) is 19.3 Å². The molecule has 1 saturated heterocycles. The van der Waals surface area contributed by atoms with Crippen LogP contribution in [0.1, 0.15) is 18.6 Å². The van der Waals surface area contributed by atoms with Gasteiger partial charge in [-0.15, -0.1) is 0 Å². The highest BCUT2D eigenvalue weighted by Gasteiger charge is 2.21. The van der Waals surface area contributed by atoms with Crippen molar-refractivity contribution in [3.8, 4) is 5.75 Å². The van der Waals surface area contributed by atoms with Gasteiger partial charge in [-0.25, -0.2) is 0 Å². The maximum Gasteiger partial charge on any atom is 0.134 e. The molecule has 24 heavy (non-hydrogen) atoms. The van der Waals surface area contributed by atoms with Crippen LogP contribution in [0.5, 0.6) is 5.75 Å². The number of rotatable bonds is 3. The summed E-state index contributed by atoms with van der Waals surface area (Å²) >= 11 is 6.04. The van der Waals surface area contributed by atoms with Crippen molar-refractivity contribution in [1.29, 1.82) is 0 Å². The summed E-state index contributed by atoms with van der Waals surface area (Å²) in [6.07, 6.45) is 3.28. The van der Waals surface area contributed by atoms with E-state index in [-0.39, 0.29) is 0 Å². The Morgan fingerprint density at radius 3 is 2.54 bits per heavy atom. The lowest BCUT2D eigenvalue weighted by atomic mass is 9.92. The number of anilines is 1. The number of phenolic OH excluding ortho intramolecular Hbond substituents is 1. The zero-order chi connectivity index (χ0) is 16.5. The van der Waals surface area contributed by atoms with Gasteiger partial charge in [-0.1, -0.05) is 11.6 Å². The molecule has 0 unspecified atom stereocenters. The molecule has 4 rings (SSSR count). The molecule has 0 bridgehead atoms. The lowest BCUT2D eigenvalue weighted by molar-refractivity contribution is 0.376. The fourth-order valence-electron chi connectivity index (χ4n) is 3.51. The highest BCUT2D eigenvalue weighted by atomic mass is 35.5.